The average molecular weight is 408 g/mol. The van der Waals surface area contributed by atoms with E-state index < -0.39 is 7.80 Å². The summed E-state index contributed by atoms with van der Waals surface area (Å²) in [6.07, 6.45) is 8.67. The SMILES string of the molecule is CCCCCCCCc1ccccc1[PH](=O)CC(=O)N(CC(C)C)CC(C)C. The topological polar surface area (TPSA) is 37.4 Å². The van der Waals surface area contributed by atoms with Crippen molar-refractivity contribution in [1.82, 2.24) is 4.90 Å². The van der Waals surface area contributed by atoms with Crippen molar-refractivity contribution in [3.63, 3.8) is 0 Å². The zero-order valence-corrected chi connectivity index (χ0v) is 19.8. The van der Waals surface area contributed by atoms with Gasteiger partial charge in [-0.3, -0.25) is 4.79 Å². The number of carbonyl (C=O) groups is 1. The van der Waals surface area contributed by atoms with Crippen LogP contribution in [0.2, 0.25) is 0 Å². The van der Waals surface area contributed by atoms with Crippen molar-refractivity contribution in [2.75, 3.05) is 19.3 Å². The Morgan fingerprint density at radius 1 is 0.929 bits per heavy atom. The van der Waals surface area contributed by atoms with Crippen LogP contribution in [0.4, 0.5) is 0 Å². The van der Waals surface area contributed by atoms with E-state index in [1.807, 2.05) is 23.1 Å². The molecule has 1 atom stereocenters. The third kappa shape index (κ3) is 9.92. The number of hydrogen-bond acceptors (Lipinski definition) is 2. The lowest BCUT2D eigenvalue weighted by atomic mass is 10.1. The summed E-state index contributed by atoms with van der Waals surface area (Å²) in [6, 6.07) is 8.04. The average Bonchev–Trinajstić information content (AvgIpc) is 2.63. The molecule has 1 aromatic rings. The molecule has 0 radical (unpaired) electrons. The molecule has 4 heteroatoms. The third-order valence-electron chi connectivity index (χ3n) is 4.95. The standard InChI is InChI=1S/C24H42NO2P/c1-6-7-8-9-10-11-14-22-15-12-13-16-23(22)28(27)19-24(26)25(17-20(2)3)18-21(4)5/h12-13,15-16,20-21,28H,6-11,14,17-19H2,1-5H3. The van der Waals surface area contributed by atoms with Gasteiger partial charge in [0.25, 0.3) is 0 Å². The summed E-state index contributed by atoms with van der Waals surface area (Å²) in [4.78, 5) is 14.7. The Hall–Kier alpha value is -1.08. The summed E-state index contributed by atoms with van der Waals surface area (Å²) in [5.41, 5.74) is 1.17. The molecule has 1 amide bonds. The molecular formula is C24H42NO2P. The number of unbranched alkanes of at least 4 members (excludes halogenated alkanes) is 5. The first-order valence-corrected chi connectivity index (χ1v) is 12.9. The van der Waals surface area contributed by atoms with E-state index in [-0.39, 0.29) is 12.1 Å². The highest BCUT2D eigenvalue weighted by atomic mass is 31.1. The van der Waals surface area contributed by atoms with Crippen LogP contribution in [0.1, 0.15) is 78.7 Å². The molecule has 0 saturated heterocycles. The second kappa shape index (κ2) is 14.0. The molecule has 160 valence electrons. The Morgan fingerprint density at radius 2 is 1.50 bits per heavy atom. The highest BCUT2D eigenvalue weighted by Gasteiger charge is 2.20. The number of aryl methyl sites for hydroxylation is 1. The maximum Gasteiger partial charge on any atom is 0.230 e. The van der Waals surface area contributed by atoms with Crippen LogP contribution < -0.4 is 5.30 Å². The number of amides is 1. The van der Waals surface area contributed by atoms with Gasteiger partial charge in [0, 0.05) is 18.4 Å². The predicted molar refractivity (Wildman–Crippen MR) is 123 cm³/mol. The molecule has 0 heterocycles. The first-order chi connectivity index (χ1) is 13.3. The van der Waals surface area contributed by atoms with Crippen LogP contribution in [0.15, 0.2) is 24.3 Å². The lowest BCUT2D eigenvalue weighted by Crippen LogP contribution is -2.38. The van der Waals surface area contributed by atoms with E-state index in [1.165, 1.54) is 37.7 Å². The van der Waals surface area contributed by atoms with Crippen LogP contribution in [0.25, 0.3) is 0 Å². The molecule has 0 fully saturated rings. The molecule has 0 spiro atoms. The normalized spacial score (nSPS) is 12.5. The van der Waals surface area contributed by atoms with Crippen LogP contribution in [0, 0.1) is 11.8 Å². The lowest BCUT2D eigenvalue weighted by Gasteiger charge is -2.26. The third-order valence-corrected chi connectivity index (χ3v) is 6.67. The Labute approximate surface area is 174 Å². The Kier molecular flexibility index (Phi) is 12.5. The van der Waals surface area contributed by atoms with Gasteiger partial charge < -0.3 is 9.46 Å². The van der Waals surface area contributed by atoms with Gasteiger partial charge in [0.2, 0.25) is 5.91 Å². The highest BCUT2D eigenvalue weighted by Crippen LogP contribution is 2.24. The minimum atomic E-state index is -2.10. The lowest BCUT2D eigenvalue weighted by molar-refractivity contribution is -0.129. The van der Waals surface area contributed by atoms with Crippen molar-refractivity contribution >= 4 is 19.0 Å². The molecule has 1 rings (SSSR count). The van der Waals surface area contributed by atoms with E-state index in [0.29, 0.717) is 11.8 Å². The number of hydrogen-bond donors (Lipinski definition) is 0. The fourth-order valence-electron chi connectivity index (χ4n) is 3.61. The quantitative estimate of drug-likeness (QED) is 0.284. The highest BCUT2D eigenvalue weighted by molar-refractivity contribution is 7.54. The van der Waals surface area contributed by atoms with E-state index in [9.17, 15) is 9.36 Å². The second-order valence-corrected chi connectivity index (χ2v) is 10.6. The Morgan fingerprint density at radius 3 is 2.11 bits per heavy atom. The summed E-state index contributed by atoms with van der Waals surface area (Å²) in [5.74, 6) is 0.885. The van der Waals surface area contributed by atoms with Gasteiger partial charge in [0.05, 0.1) is 6.16 Å². The van der Waals surface area contributed by atoms with Gasteiger partial charge in [-0.2, -0.15) is 0 Å². The summed E-state index contributed by atoms with van der Waals surface area (Å²) in [6.45, 7) is 12.2. The maximum atomic E-state index is 13.1. The predicted octanol–water partition coefficient (Wildman–Crippen LogP) is 5.92. The van der Waals surface area contributed by atoms with Crippen LogP contribution in [0.5, 0.6) is 0 Å². The van der Waals surface area contributed by atoms with Crippen LogP contribution in [-0.4, -0.2) is 30.1 Å². The molecule has 0 aromatic heterocycles. The largest absolute Gasteiger partial charge is 0.342 e. The van der Waals surface area contributed by atoms with Crippen molar-refractivity contribution in [2.24, 2.45) is 11.8 Å². The Bertz CT molecular complexity index is 588. The summed E-state index contributed by atoms with van der Waals surface area (Å²) >= 11 is 0. The first-order valence-electron chi connectivity index (χ1n) is 11.2. The molecule has 0 N–H and O–H groups in total. The van der Waals surface area contributed by atoms with Crippen molar-refractivity contribution in [3.8, 4) is 0 Å². The number of nitrogens with zero attached hydrogens (tertiary/aromatic N) is 1. The molecule has 0 aliphatic carbocycles. The number of rotatable bonds is 14. The van der Waals surface area contributed by atoms with Gasteiger partial charge in [-0.05, 0) is 30.2 Å². The van der Waals surface area contributed by atoms with Crippen LogP contribution >= 0.6 is 7.80 Å². The fourth-order valence-corrected chi connectivity index (χ4v) is 5.15. The molecule has 0 saturated carbocycles. The van der Waals surface area contributed by atoms with Crippen molar-refractivity contribution in [3.05, 3.63) is 29.8 Å². The second-order valence-electron chi connectivity index (χ2n) is 8.86. The van der Waals surface area contributed by atoms with E-state index in [4.69, 9.17) is 0 Å². The molecule has 0 aliphatic rings. The van der Waals surface area contributed by atoms with Gasteiger partial charge >= 0.3 is 0 Å². The minimum Gasteiger partial charge on any atom is -0.342 e. The molecule has 3 nitrogen and oxygen atoms in total. The fraction of sp³-hybridized carbons (Fsp3) is 0.708. The molecule has 28 heavy (non-hydrogen) atoms. The minimum absolute atomic E-state index is 0.0423. The van der Waals surface area contributed by atoms with Gasteiger partial charge in [-0.1, -0.05) is 91.0 Å². The van der Waals surface area contributed by atoms with E-state index in [1.54, 1.807) is 0 Å². The summed E-state index contributed by atoms with van der Waals surface area (Å²) in [5, 5.41) is 0.920. The van der Waals surface area contributed by atoms with Gasteiger partial charge in [-0.25, -0.2) is 0 Å². The summed E-state index contributed by atoms with van der Waals surface area (Å²) in [7, 11) is -2.10. The molecule has 0 bridgehead atoms. The number of benzene rings is 1. The monoisotopic (exact) mass is 407 g/mol. The van der Waals surface area contributed by atoms with Crippen LogP contribution in [-0.2, 0) is 15.8 Å². The van der Waals surface area contributed by atoms with Gasteiger partial charge in [0.15, 0.2) is 0 Å². The zero-order valence-electron chi connectivity index (χ0n) is 18.8. The van der Waals surface area contributed by atoms with E-state index in [0.717, 1.165) is 31.2 Å². The first kappa shape index (κ1) is 25.0. The Balaban J connectivity index is 2.68. The molecule has 0 aliphatic heterocycles. The van der Waals surface area contributed by atoms with Gasteiger partial charge in [0.1, 0.15) is 7.80 Å². The smallest absolute Gasteiger partial charge is 0.230 e. The van der Waals surface area contributed by atoms with E-state index >= 15 is 0 Å². The molecular weight excluding hydrogens is 365 g/mol. The maximum absolute atomic E-state index is 13.1. The van der Waals surface area contributed by atoms with Gasteiger partial charge in [-0.15, -0.1) is 0 Å². The summed E-state index contributed by atoms with van der Waals surface area (Å²) < 4.78 is 13.1. The van der Waals surface area contributed by atoms with Crippen molar-refractivity contribution < 1.29 is 9.36 Å². The van der Waals surface area contributed by atoms with Crippen LogP contribution in [0.3, 0.4) is 0 Å². The molecule has 1 unspecified atom stereocenters. The number of carbonyl (C=O) groups excluding carboxylic acids is 1. The van der Waals surface area contributed by atoms with Crippen molar-refractivity contribution in [2.45, 2.75) is 79.6 Å². The van der Waals surface area contributed by atoms with Crippen molar-refractivity contribution in [1.29, 1.82) is 0 Å². The zero-order chi connectivity index (χ0) is 20.9. The molecule has 1 aromatic carbocycles. The van der Waals surface area contributed by atoms with E-state index in [2.05, 4.69) is 40.7 Å².